The van der Waals surface area contributed by atoms with Crippen LogP contribution in [0.1, 0.15) is 22.8 Å². The van der Waals surface area contributed by atoms with Gasteiger partial charge in [0, 0.05) is 5.56 Å². The molecule has 0 saturated carbocycles. The molecule has 1 unspecified atom stereocenters. The van der Waals surface area contributed by atoms with E-state index in [9.17, 15) is 18.0 Å². The first kappa shape index (κ1) is 14.0. The Balaban J connectivity index is 3.45. The highest BCUT2D eigenvalue weighted by Gasteiger charge is 2.39. The lowest BCUT2D eigenvalue weighted by Gasteiger charge is -2.16. The molecule has 0 aliphatic heterocycles. The zero-order chi connectivity index (χ0) is 13.2. The van der Waals surface area contributed by atoms with Crippen molar-refractivity contribution in [2.75, 3.05) is 7.11 Å². The number of ether oxygens (including phenoxy) is 1. The van der Waals surface area contributed by atoms with E-state index in [-0.39, 0.29) is 11.3 Å². The third kappa shape index (κ3) is 3.00. The number of carbonyl (C=O) groups excluding carboxylic acids is 1. The van der Waals surface area contributed by atoms with E-state index < -0.39 is 22.4 Å². The Morgan fingerprint density at radius 1 is 1.41 bits per heavy atom. The fraction of sp³-hybridized carbons (Fsp3) is 0.364. The molecule has 1 rings (SSSR count). The van der Waals surface area contributed by atoms with E-state index in [2.05, 4.69) is 20.7 Å². The van der Waals surface area contributed by atoms with Crippen LogP contribution in [0.4, 0.5) is 13.2 Å². The Hall–Kier alpha value is -1.04. The van der Waals surface area contributed by atoms with Crippen molar-refractivity contribution in [1.82, 2.24) is 0 Å². The first-order chi connectivity index (χ1) is 7.79. The molecule has 0 aliphatic rings. The second-order valence-corrected chi connectivity index (χ2v) is 4.73. The molecule has 0 fully saturated rings. The summed E-state index contributed by atoms with van der Waals surface area (Å²) in [5.41, 5.74) is -1.42. The lowest BCUT2D eigenvalue weighted by atomic mass is 10.0. The summed E-state index contributed by atoms with van der Waals surface area (Å²) in [6.07, 6.45) is -4.63. The van der Waals surface area contributed by atoms with Crippen molar-refractivity contribution in [3.8, 4) is 5.75 Å². The molecule has 0 amide bonds. The van der Waals surface area contributed by atoms with E-state index in [1.165, 1.54) is 19.1 Å². The molecule has 1 aromatic carbocycles. The first-order valence-corrected chi connectivity index (χ1v) is 5.63. The standard InChI is InChI=1S/C11H10BrF3O2/c1-6(12)10(16)7-4-3-5-8(17-2)9(7)11(13,14)15/h3-6H,1-2H3. The molecular weight excluding hydrogens is 301 g/mol. The van der Waals surface area contributed by atoms with Gasteiger partial charge in [-0.2, -0.15) is 13.2 Å². The van der Waals surface area contributed by atoms with Crippen LogP contribution in [-0.4, -0.2) is 17.7 Å². The van der Waals surface area contributed by atoms with E-state index >= 15 is 0 Å². The Morgan fingerprint density at radius 3 is 2.41 bits per heavy atom. The first-order valence-electron chi connectivity index (χ1n) is 4.71. The van der Waals surface area contributed by atoms with Gasteiger partial charge in [0.05, 0.1) is 11.9 Å². The van der Waals surface area contributed by atoms with Gasteiger partial charge in [-0.05, 0) is 13.0 Å². The van der Waals surface area contributed by atoms with Gasteiger partial charge in [0.2, 0.25) is 0 Å². The minimum absolute atomic E-state index is 0.350. The van der Waals surface area contributed by atoms with Gasteiger partial charge in [-0.3, -0.25) is 4.79 Å². The maximum absolute atomic E-state index is 12.9. The van der Waals surface area contributed by atoms with Crippen molar-refractivity contribution in [3.05, 3.63) is 29.3 Å². The van der Waals surface area contributed by atoms with Gasteiger partial charge < -0.3 is 4.74 Å². The maximum Gasteiger partial charge on any atom is 0.420 e. The summed E-state index contributed by atoms with van der Waals surface area (Å²) < 4.78 is 43.3. The quantitative estimate of drug-likeness (QED) is 0.629. The van der Waals surface area contributed by atoms with E-state index in [1.54, 1.807) is 0 Å². The highest BCUT2D eigenvalue weighted by molar-refractivity contribution is 9.10. The second-order valence-electron chi connectivity index (χ2n) is 3.36. The topological polar surface area (TPSA) is 26.3 Å². The fourth-order valence-corrected chi connectivity index (χ4v) is 1.66. The normalized spacial score (nSPS) is 13.3. The number of alkyl halides is 4. The molecule has 0 heterocycles. The minimum atomic E-state index is -4.63. The highest BCUT2D eigenvalue weighted by atomic mass is 79.9. The second kappa shape index (κ2) is 5.08. The predicted molar refractivity (Wildman–Crippen MR) is 60.7 cm³/mol. The highest BCUT2D eigenvalue weighted by Crippen LogP contribution is 2.39. The number of benzene rings is 1. The van der Waals surface area contributed by atoms with Gasteiger partial charge in [-0.1, -0.05) is 28.1 Å². The van der Waals surface area contributed by atoms with Crippen LogP contribution in [-0.2, 0) is 6.18 Å². The average Bonchev–Trinajstić information content (AvgIpc) is 2.25. The van der Waals surface area contributed by atoms with Crippen molar-refractivity contribution < 1.29 is 22.7 Å². The van der Waals surface area contributed by atoms with Crippen LogP contribution in [0.15, 0.2) is 18.2 Å². The van der Waals surface area contributed by atoms with Gasteiger partial charge >= 0.3 is 6.18 Å². The van der Waals surface area contributed by atoms with Gasteiger partial charge in [-0.15, -0.1) is 0 Å². The van der Waals surface area contributed by atoms with Gasteiger partial charge in [0.1, 0.15) is 11.3 Å². The lowest BCUT2D eigenvalue weighted by molar-refractivity contribution is -0.139. The summed E-state index contributed by atoms with van der Waals surface area (Å²) >= 11 is 2.97. The number of ketones is 1. The van der Waals surface area contributed by atoms with Crippen molar-refractivity contribution in [2.45, 2.75) is 17.9 Å². The molecule has 2 nitrogen and oxygen atoms in total. The number of carbonyl (C=O) groups is 1. The van der Waals surface area contributed by atoms with Crippen LogP contribution in [0.2, 0.25) is 0 Å². The van der Waals surface area contributed by atoms with Crippen LogP contribution < -0.4 is 4.74 Å². The van der Waals surface area contributed by atoms with E-state index in [4.69, 9.17) is 0 Å². The van der Waals surface area contributed by atoms with Crippen LogP contribution in [0, 0.1) is 0 Å². The Bertz CT molecular complexity index is 427. The molecule has 17 heavy (non-hydrogen) atoms. The summed E-state index contributed by atoms with van der Waals surface area (Å²) in [5.74, 6) is -0.979. The van der Waals surface area contributed by atoms with Gasteiger partial charge in [0.15, 0.2) is 5.78 Å². The molecule has 0 bridgehead atoms. The van der Waals surface area contributed by atoms with Crippen LogP contribution in [0.25, 0.3) is 0 Å². The van der Waals surface area contributed by atoms with Crippen molar-refractivity contribution in [3.63, 3.8) is 0 Å². The Morgan fingerprint density at radius 2 is 2.00 bits per heavy atom. The third-order valence-electron chi connectivity index (χ3n) is 2.16. The van der Waals surface area contributed by atoms with Crippen LogP contribution in [0.5, 0.6) is 5.75 Å². The molecule has 1 atom stereocenters. The Labute approximate surface area is 105 Å². The zero-order valence-corrected chi connectivity index (χ0v) is 10.7. The average molecular weight is 311 g/mol. The lowest BCUT2D eigenvalue weighted by Crippen LogP contribution is -2.18. The van der Waals surface area contributed by atoms with Gasteiger partial charge in [0.25, 0.3) is 0 Å². The zero-order valence-electron chi connectivity index (χ0n) is 9.14. The summed E-state index contributed by atoms with van der Waals surface area (Å²) in [6.45, 7) is 1.47. The summed E-state index contributed by atoms with van der Waals surface area (Å²) in [6, 6.07) is 3.68. The van der Waals surface area contributed by atoms with Crippen molar-refractivity contribution in [2.24, 2.45) is 0 Å². The van der Waals surface area contributed by atoms with E-state index in [0.717, 1.165) is 13.2 Å². The molecular formula is C11H10BrF3O2. The van der Waals surface area contributed by atoms with Gasteiger partial charge in [-0.25, -0.2) is 0 Å². The molecule has 0 N–H and O–H groups in total. The molecule has 6 heteroatoms. The molecule has 0 radical (unpaired) electrons. The molecule has 0 spiro atoms. The van der Waals surface area contributed by atoms with E-state index in [1.807, 2.05) is 0 Å². The number of methoxy groups -OCH3 is 1. The van der Waals surface area contributed by atoms with Crippen molar-refractivity contribution in [1.29, 1.82) is 0 Å². The molecule has 0 aliphatic carbocycles. The molecule has 1 aromatic rings. The molecule has 0 aromatic heterocycles. The van der Waals surface area contributed by atoms with Crippen molar-refractivity contribution >= 4 is 21.7 Å². The van der Waals surface area contributed by atoms with E-state index in [0.29, 0.717) is 0 Å². The molecule has 94 valence electrons. The smallest absolute Gasteiger partial charge is 0.420 e. The summed E-state index contributed by atoms with van der Waals surface area (Å²) in [7, 11) is 1.14. The number of hydrogen-bond donors (Lipinski definition) is 0. The maximum atomic E-state index is 12.9. The largest absolute Gasteiger partial charge is 0.496 e. The van der Waals surface area contributed by atoms with Crippen LogP contribution in [0.3, 0.4) is 0 Å². The third-order valence-corrected chi connectivity index (χ3v) is 2.57. The molecule has 0 saturated heterocycles. The summed E-state index contributed by atoms with van der Waals surface area (Å²) in [5, 5.41) is 0. The number of halogens is 4. The number of rotatable bonds is 3. The minimum Gasteiger partial charge on any atom is -0.496 e. The number of Topliss-reactive ketones (excluding diaryl/α,β-unsaturated/α-hetero) is 1. The predicted octanol–water partition coefficient (Wildman–Crippen LogP) is 3.68. The fourth-order valence-electron chi connectivity index (χ4n) is 1.41. The SMILES string of the molecule is COc1cccc(C(=O)C(C)Br)c1C(F)(F)F. The van der Waals surface area contributed by atoms with Crippen LogP contribution >= 0.6 is 15.9 Å². The summed E-state index contributed by atoms with van der Waals surface area (Å²) in [4.78, 5) is 11.0. The monoisotopic (exact) mass is 310 g/mol. The Kier molecular flexibility index (Phi) is 4.19. The number of hydrogen-bond acceptors (Lipinski definition) is 2.